The van der Waals surface area contributed by atoms with Gasteiger partial charge in [0.15, 0.2) is 11.5 Å². The van der Waals surface area contributed by atoms with Crippen molar-refractivity contribution >= 4 is 33.3 Å². The van der Waals surface area contributed by atoms with Crippen LogP contribution in [-0.2, 0) is 0 Å². The minimum absolute atomic E-state index is 0.0973. The zero-order valence-electron chi connectivity index (χ0n) is 12.0. The molecule has 1 aromatic carbocycles. The number of carbonyl (C=O) groups excluding carboxylic acids is 1. The van der Waals surface area contributed by atoms with Crippen LogP contribution in [0.25, 0.3) is 0 Å². The van der Waals surface area contributed by atoms with Gasteiger partial charge in [-0.1, -0.05) is 12.1 Å². The normalized spacial score (nSPS) is 10.2. The third-order valence-electron chi connectivity index (χ3n) is 3.07. The summed E-state index contributed by atoms with van der Waals surface area (Å²) in [6, 6.07) is 11.2. The van der Waals surface area contributed by atoms with Crippen LogP contribution in [-0.4, -0.2) is 34.1 Å². The number of nitrogens with one attached hydrogen (secondary N) is 1. The molecule has 1 heterocycles. The molecule has 0 saturated carbocycles. The van der Waals surface area contributed by atoms with Crippen molar-refractivity contribution in [3.8, 4) is 0 Å². The highest BCUT2D eigenvalue weighted by molar-refractivity contribution is 9.10. The monoisotopic (exact) mass is 348 g/mol. The number of amides is 1. The molecule has 21 heavy (non-hydrogen) atoms. The van der Waals surface area contributed by atoms with E-state index < -0.39 is 0 Å². The average molecular weight is 349 g/mol. The molecule has 0 atom stereocenters. The number of carbonyl (C=O) groups is 1. The second kappa shape index (κ2) is 7.17. The van der Waals surface area contributed by atoms with Crippen molar-refractivity contribution in [3.05, 3.63) is 46.6 Å². The van der Waals surface area contributed by atoms with E-state index in [2.05, 4.69) is 31.4 Å². The maximum Gasteiger partial charge on any atom is 0.274 e. The van der Waals surface area contributed by atoms with Crippen LogP contribution in [0.2, 0.25) is 0 Å². The molecule has 2 aromatic rings. The van der Waals surface area contributed by atoms with Gasteiger partial charge in [-0.15, -0.1) is 10.2 Å². The van der Waals surface area contributed by atoms with Gasteiger partial charge >= 0.3 is 0 Å². The number of anilines is 2. The summed E-state index contributed by atoms with van der Waals surface area (Å²) in [5, 5.41) is 11.2. The third-order valence-corrected chi connectivity index (χ3v) is 3.76. The molecular formula is C15H17BrN4O. The molecule has 0 aliphatic heterocycles. The molecule has 0 saturated heterocycles. The maximum absolute atomic E-state index is 12.1. The SMILES string of the molecule is CCN(CC)C(=O)c1ccc(Nc2ccccc2Br)nn1. The number of benzene rings is 1. The van der Waals surface area contributed by atoms with Crippen LogP contribution in [0.3, 0.4) is 0 Å². The van der Waals surface area contributed by atoms with Crippen molar-refractivity contribution < 1.29 is 4.79 Å². The van der Waals surface area contributed by atoms with Crippen LogP contribution in [0.4, 0.5) is 11.5 Å². The van der Waals surface area contributed by atoms with Crippen LogP contribution in [0.1, 0.15) is 24.3 Å². The van der Waals surface area contributed by atoms with Crippen LogP contribution in [0, 0.1) is 0 Å². The lowest BCUT2D eigenvalue weighted by molar-refractivity contribution is 0.0766. The van der Waals surface area contributed by atoms with Gasteiger partial charge in [-0.2, -0.15) is 0 Å². The van der Waals surface area contributed by atoms with E-state index in [1.807, 2.05) is 38.1 Å². The van der Waals surface area contributed by atoms with E-state index >= 15 is 0 Å². The van der Waals surface area contributed by atoms with E-state index in [1.54, 1.807) is 17.0 Å². The van der Waals surface area contributed by atoms with E-state index in [4.69, 9.17) is 0 Å². The molecule has 110 valence electrons. The first-order valence-electron chi connectivity index (χ1n) is 6.80. The lowest BCUT2D eigenvalue weighted by Gasteiger charge is -2.17. The molecule has 0 bridgehead atoms. The van der Waals surface area contributed by atoms with Crippen molar-refractivity contribution in [1.82, 2.24) is 15.1 Å². The zero-order chi connectivity index (χ0) is 15.2. The van der Waals surface area contributed by atoms with Gasteiger partial charge in [-0.25, -0.2) is 0 Å². The predicted octanol–water partition coefficient (Wildman–Crippen LogP) is 3.46. The summed E-state index contributed by atoms with van der Waals surface area (Å²) < 4.78 is 0.940. The summed E-state index contributed by atoms with van der Waals surface area (Å²) in [5.41, 5.74) is 1.26. The van der Waals surface area contributed by atoms with Crippen molar-refractivity contribution in [2.75, 3.05) is 18.4 Å². The summed E-state index contributed by atoms with van der Waals surface area (Å²) in [6.07, 6.45) is 0. The standard InChI is InChI=1S/C15H17BrN4O/c1-3-20(4-2)15(21)13-9-10-14(19-18-13)17-12-8-6-5-7-11(12)16/h5-10H,3-4H2,1-2H3,(H,17,19). The van der Waals surface area contributed by atoms with Gasteiger partial charge in [0.25, 0.3) is 5.91 Å². The Morgan fingerprint density at radius 1 is 1.14 bits per heavy atom. The molecule has 0 unspecified atom stereocenters. The number of aromatic nitrogens is 2. The molecule has 0 radical (unpaired) electrons. The Hall–Kier alpha value is -1.95. The van der Waals surface area contributed by atoms with E-state index in [9.17, 15) is 4.79 Å². The Morgan fingerprint density at radius 3 is 2.43 bits per heavy atom. The van der Waals surface area contributed by atoms with Gasteiger partial charge in [0.1, 0.15) is 0 Å². The van der Waals surface area contributed by atoms with Gasteiger partial charge in [-0.3, -0.25) is 4.79 Å². The first-order chi connectivity index (χ1) is 10.2. The summed E-state index contributed by atoms with van der Waals surface area (Å²) in [7, 11) is 0. The molecule has 6 heteroatoms. The average Bonchev–Trinajstić information content (AvgIpc) is 2.51. The highest BCUT2D eigenvalue weighted by atomic mass is 79.9. The van der Waals surface area contributed by atoms with Crippen LogP contribution < -0.4 is 5.32 Å². The Balaban J connectivity index is 2.12. The van der Waals surface area contributed by atoms with Gasteiger partial charge in [0.2, 0.25) is 0 Å². The maximum atomic E-state index is 12.1. The van der Waals surface area contributed by atoms with Gasteiger partial charge in [-0.05, 0) is 54.0 Å². The Kier molecular flexibility index (Phi) is 5.27. The molecular weight excluding hydrogens is 332 g/mol. The number of halogens is 1. The smallest absolute Gasteiger partial charge is 0.274 e. The molecule has 1 aromatic heterocycles. The molecule has 0 aliphatic rings. The first-order valence-corrected chi connectivity index (χ1v) is 7.59. The van der Waals surface area contributed by atoms with Crippen LogP contribution >= 0.6 is 15.9 Å². The Bertz CT molecular complexity index is 611. The number of hydrogen-bond acceptors (Lipinski definition) is 4. The summed E-state index contributed by atoms with van der Waals surface area (Å²) in [4.78, 5) is 13.8. The molecule has 5 nitrogen and oxygen atoms in total. The van der Waals surface area contributed by atoms with Gasteiger partial charge in [0.05, 0.1) is 5.69 Å². The predicted molar refractivity (Wildman–Crippen MR) is 86.7 cm³/mol. The van der Waals surface area contributed by atoms with E-state index in [-0.39, 0.29) is 5.91 Å². The number of rotatable bonds is 5. The quantitative estimate of drug-likeness (QED) is 0.898. The second-order valence-electron chi connectivity index (χ2n) is 4.39. The summed E-state index contributed by atoms with van der Waals surface area (Å²) in [5.74, 6) is 0.498. The first kappa shape index (κ1) is 15.4. The Labute approximate surface area is 132 Å². The number of nitrogens with zero attached hydrogens (tertiary/aromatic N) is 3. The minimum atomic E-state index is -0.0973. The highest BCUT2D eigenvalue weighted by Crippen LogP contribution is 2.24. The molecule has 1 N–H and O–H groups in total. The summed E-state index contributed by atoms with van der Waals surface area (Å²) >= 11 is 3.46. The molecule has 1 amide bonds. The van der Waals surface area contributed by atoms with Crippen molar-refractivity contribution in [2.24, 2.45) is 0 Å². The largest absolute Gasteiger partial charge is 0.338 e. The van der Waals surface area contributed by atoms with Gasteiger partial charge in [0, 0.05) is 17.6 Å². The fourth-order valence-corrected chi connectivity index (χ4v) is 2.27. The highest BCUT2D eigenvalue weighted by Gasteiger charge is 2.14. The molecule has 0 spiro atoms. The van der Waals surface area contributed by atoms with Crippen molar-refractivity contribution in [2.45, 2.75) is 13.8 Å². The minimum Gasteiger partial charge on any atom is -0.338 e. The zero-order valence-corrected chi connectivity index (χ0v) is 13.6. The lowest BCUT2D eigenvalue weighted by atomic mass is 10.3. The van der Waals surface area contributed by atoms with Crippen LogP contribution in [0.5, 0.6) is 0 Å². The second-order valence-corrected chi connectivity index (χ2v) is 5.24. The lowest BCUT2D eigenvalue weighted by Crippen LogP contribution is -2.31. The van der Waals surface area contributed by atoms with Crippen LogP contribution in [0.15, 0.2) is 40.9 Å². The fourth-order valence-electron chi connectivity index (χ4n) is 1.89. The number of para-hydroxylation sites is 1. The number of hydrogen-bond donors (Lipinski definition) is 1. The molecule has 0 fully saturated rings. The van der Waals surface area contributed by atoms with Crippen molar-refractivity contribution in [1.29, 1.82) is 0 Å². The van der Waals surface area contributed by atoms with Crippen molar-refractivity contribution in [3.63, 3.8) is 0 Å². The summed E-state index contributed by atoms with van der Waals surface area (Å²) in [6.45, 7) is 5.21. The van der Waals surface area contributed by atoms with E-state index in [0.717, 1.165) is 10.2 Å². The molecule has 0 aliphatic carbocycles. The Morgan fingerprint density at radius 2 is 1.86 bits per heavy atom. The third kappa shape index (κ3) is 3.78. The van der Waals surface area contributed by atoms with E-state index in [1.165, 1.54) is 0 Å². The van der Waals surface area contributed by atoms with E-state index in [0.29, 0.717) is 24.6 Å². The van der Waals surface area contributed by atoms with Gasteiger partial charge < -0.3 is 10.2 Å². The topological polar surface area (TPSA) is 58.1 Å². The molecule has 2 rings (SSSR count). The fraction of sp³-hybridized carbons (Fsp3) is 0.267.